The second-order valence-electron chi connectivity index (χ2n) is 5.95. The lowest BCUT2D eigenvalue weighted by molar-refractivity contribution is -0.136. The predicted molar refractivity (Wildman–Crippen MR) is 99.0 cm³/mol. The lowest BCUT2D eigenvalue weighted by atomic mass is 9.87. The molecule has 3 rings (SSSR count). The van der Waals surface area contributed by atoms with Gasteiger partial charge in [-0.3, -0.25) is 14.6 Å². The highest BCUT2D eigenvalue weighted by Crippen LogP contribution is 2.41. The maximum absolute atomic E-state index is 15.1. The van der Waals surface area contributed by atoms with Crippen LogP contribution in [0, 0.1) is 0 Å². The summed E-state index contributed by atoms with van der Waals surface area (Å²) in [6.45, 7) is 3.96. The number of aliphatic carboxylic acids is 1. The number of ether oxygens (including phenoxy) is 2. The molecule has 8 heteroatoms. The van der Waals surface area contributed by atoms with E-state index in [0.29, 0.717) is 33.5 Å². The van der Waals surface area contributed by atoms with Crippen molar-refractivity contribution >= 4 is 28.8 Å². The van der Waals surface area contributed by atoms with Crippen molar-refractivity contribution in [1.29, 1.82) is 0 Å². The number of hydrogen-bond acceptors (Lipinski definition) is 6. The van der Waals surface area contributed by atoms with E-state index >= 15 is 4.39 Å². The predicted octanol–water partition coefficient (Wildman–Crippen LogP) is 4.06. The number of aliphatic imine (C=N–C) groups is 1. The Morgan fingerprint density at radius 3 is 2.74 bits per heavy atom. The molecule has 0 atom stereocenters. The van der Waals surface area contributed by atoms with Gasteiger partial charge in [-0.05, 0) is 31.6 Å². The average Bonchev–Trinajstić information content (AvgIpc) is 3.19. The highest BCUT2D eigenvalue weighted by atomic mass is 32.1. The van der Waals surface area contributed by atoms with Crippen LogP contribution in [0.1, 0.15) is 36.4 Å². The van der Waals surface area contributed by atoms with E-state index in [9.17, 15) is 9.59 Å². The van der Waals surface area contributed by atoms with E-state index < -0.39 is 11.8 Å². The third-order valence-electron chi connectivity index (χ3n) is 4.26. The smallest absolute Gasteiger partial charge is 0.307 e. The summed E-state index contributed by atoms with van der Waals surface area (Å²) in [6.07, 6.45) is -0.266. The summed E-state index contributed by atoms with van der Waals surface area (Å²) >= 11 is 1.18. The summed E-state index contributed by atoms with van der Waals surface area (Å²) in [7, 11) is 1.29. The molecule has 0 saturated carbocycles. The number of halogens is 1. The molecule has 0 fully saturated rings. The Morgan fingerprint density at radius 1 is 1.37 bits per heavy atom. The largest absolute Gasteiger partial charge is 0.493 e. The standard InChI is InChI=1S/C19H18FNO5S/c1-4-26-15-6-5-13(27-15)18(24)11-7-12-16(17(20)19(11)25-3)10(8-14(22)23)9(2)21-12/h5-6H,4,7-8H2,1-3H3,(H,22,23). The van der Waals surface area contributed by atoms with Gasteiger partial charge < -0.3 is 14.6 Å². The number of allylic oxidation sites excluding steroid dienone is 4. The first-order chi connectivity index (χ1) is 12.9. The Kier molecular flexibility index (Phi) is 5.27. The van der Waals surface area contributed by atoms with Crippen molar-refractivity contribution in [3.63, 3.8) is 0 Å². The van der Waals surface area contributed by atoms with Crippen LogP contribution in [0.25, 0.3) is 0 Å². The van der Waals surface area contributed by atoms with Crippen LogP contribution in [0.5, 0.6) is 5.06 Å². The Hall–Kier alpha value is -2.74. The van der Waals surface area contributed by atoms with Gasteiger partial charge in [-0.2, -0.15) is 0 Å². The Labute approximate surface area is 159 Å². The summed E-state index contributed by atoms with van der Waals surface area (Å²) in [6, 6.07) is 3.32. The number of carbonyl (C=O) groups excluding carboxylic acids is 1. The summed E-state index contributed by atoms with van der Waals surface area (Å²) < 4.78 is 25.7. The second-order valence-corrected chi connectivity index (χ2v) is 7.00. The number of hydrogen-bond donors (Lipinski definition) is 1. The Morgan fingerprint density at radius 2 is 2.11 bits per heavy atom. The molecule has 142 valence electrons. The van der Waals surface area contributed by atoms with E-state index in [-0.39, 0.29) is 35.5 Å². The zero-order valence-electron chi connectivity index (χ0n) is 15.1. The van der Waals surface area contributed by atoms with Crippen LogP contribution in [0.4, 0.5) is 4.39 Å². The van der Waals surface area contributed by atoms with Crippen molar-refractivity contribution in [2.45, 2.75) is 26.7 Å². The fraction of sp³-hybridized carbons (Fsp3) is 0.316. The fourth-order valence-electron chi connectivity index (χ4n) is 3.14. The molecular weight excluding hydrogens is 373 g/mol. The van der Waals surface area contributed by atoms with Crippen molar-refractivity contribution in [2.24, 2.45) is 4.99 Å². The quantitative estimate of drug-likeness (QED) is 0.709. The van der Waals surface area contributed by atoms with Crippen molar-refractivity contribution in [3.05, 3.63) is 51.0 Å². The van der Waals surface area contributed by atoms with Gasteiger partial charge in [0.2, 0.25) is 5.78 Å². The first-order valence-electron chi connectivity index (χ1n) is 8.31. The summed E-state index contributed by atoms with van der Waals surface area (Å²) in [4.78, 5) is 28.7. The zero-order chi connectivity index (χ0) is 19.7. The number of carboxylic acids is 1. The Balaban J connectivity index is 2.02. The molecule has 2 heterocycles. The first-order valence-corrected chi connectivity index (χ1v) is 9.13. The molecule has 0 bridgehead atoms. The molecule has 1 aromatic rings. The lowest BCUT2D eigenvalue weighted by Crippen LogP contribution is -2.19. The molecule has 0 radical (unpaired) electrons. The van der Waals surface area contributed by atoms with Gasteiger partial charge in [0, 0.05) is 17.7 Å². The van der Waals surface area contributed by atoms with Gasteiger partial charge in [-0.25, -0.2) is 4.39 Å². The van der Waals surface area contributed by atoms with Crippen LogP contribution < -0.4 is 4.74 Å². The van der Waals surface area contributed by atoms with E-state index in [1.807, 2.05) is 6.92 Å². The van der Waals surface area contributed by atoms with Crippen LogP contribution >= 0.6 is 11.3 Å². The van der Waals surface area contributed by atoms with Gasteiger partial charge in [0.15, 0.2) is 16.6 Å². The highest BCUT2D eigenvalue weighted by molar-refractivity contribution is 7.16. The molecule has 0 aromatic carbocycles. The maximum atomic E-state index is 15.1. The maximum Gasteiger partial charge on any atom is 0.307 e. The molecule has 1 aromatic heterocycles. The summed E-state index contributed by atoms with van der Waals surface area (Å²) in [5.74, 6) is -2.35. The molecule has 1 aliphatic carbocycles. The van der Waals surface area contributed by atoms with E-state index in [1.165, 1.54) is 18.4 Å². The highest BCUT2D eigenvalue weighted by Gasteiger charge is 2.37. The number of methoxy groups -OCH3 is 1. The molecular formula is C19H18FNO5S. The topological polar surface area (TPSA) is 85.2 Å². The molecule has 2 aliphatic rings. The normalized spacial score (nSPS) is 16.5. The van der Waals surface area contributed by atoms with Crippen LogP contribution in [0.15, 0.2) is 51.1 Å². The zero-order valence-corrected chi connectivity index (χ0v) is 15.9. The summed E-state index contributed by atoms with van der Waals surface area (Å²) in [5, 5.41) is 9.69. The number of ketones is 1. The Bertz CT molecular complexity index is 951. The molecule has 27 heavy (non-hydrogen) atoms. The van der Waals surface area contributed by atoms with Crippen LogP contribution in [0.3, 0.4) is 0 Å². The number of rotatable bonds is 7. The molecule has 0 amide bonds. The minimum Gasteiger partial charge on any atom is -0.493 e. The van der Waals surface area contributed by atoms with Crippen molar-refractivity contribution < 1.29 is 28.6 Å². The number of carbonyl (C=O) groups is 2. The van der Waals surface area contributed by atoms with Gasteiger partial charge in [0.1, 0.15) is 0 Å². The molecule has 6 nitrogen and oxygen atoms in total. The molecule has 1 N–H and O–H groups in total. The van der Waals surface area contributed by atoms with Crippen LogP contribution in [-0.4, -0.2) is 36.3 Å². The SMILES string of the molecule is CCOc1ccc(C(=O)C2=C(OC)C(F)=C3C(=NC(C)=C3CC(=O)O)C2)s1. The van der Waals surface area contributed by atoms with Gasteiger partial charge >= 0.3 is 5.97 Å². The van der Waals surface area contributed by atoms with E-state index in [0.717, 1.165) is 0 Å². The lowest BCUT2D eigenvalue weighted by Gasteiger charge is -2.20. The number of Topliss-reactive ketones (excluding diaryl/α,β-unsaturated/α-hetero) is 1. The fourth-order valence-corrected chi connectivity index (χ4v) is 4.02. The van der Waals surface area contributed by atoms with E-state index in [1.54, 1.807) is 19.1 Å². The number of fused-ring (bicyclic) bond motifs is 1. The molecule has 1 aliphatic heterocycles. The first kappa shape index (κ1) is 19.0. The third kappa shape index (κ3) is 3.44. The number of nitrogens with zero attached hydrogens (tertiary/aromatic N) is 1. The number of thiophene rings is 1. The molecule has 0 spiro atoms. The van der Waals surface area contributed by atoms with Crippen LogP contribution in [0.2, 0.25) is 0 Å². The molecule has 0 unspecified atom stereocenters. The molecule has 0 saturated heterocycles. The van der Waals surface area contributed by atoms with Crippen molar-refractivity contribution in [1.82, 2.24) is 0 Å². The minimum absolute atomic E-state index is 0.0765. The summed E-state index contributed by atoms with van der Waals surface area (Å²) in [5.41, 5.74) is 1.39. The van der Waals surface area contributed by atoms with Gasteiger partial charge in [0.25, 0.3) is 0 Å². The van der Waals surface area contributed by atoms with Gasteiger partial charge in [0.05, 0.1) is 36.3 Å². The monoisotopic (exact) mass is 391 g/mol. The second kappa shape index (κ2) is 7.48. The van der Waals surface area contributed by atoms with Crippen molar-refractivity contribution in [2.75, 3.05) is 13.7 Å². The van der Waals surface area contributed by atoms with E-state index in [2.05, 4.69) is 4.99 Å². The third-order valence-corrected chi connectivity index (χ3v) is 5.26. The van der Waals surface area contributed by atoms with E-state index in [4.69, 9.17) is 14.6 Å². The van der Waals surface area contributed by atoms with Gasteiger partial charge in [-0.1, -0.05) is 11.3 Å². The van der Waals surface area contributed by atoms with Crippen LogP contribution in [-0.2, 0) is 9.53 Å². The minimum atomic E-state index is -1.08. The number of carboxylic acid groups (broad SMARTS) is 1. The van der Waals surface area contributed by atoms with Crippen molar-refractivity contribution in [3.8, 4) is 5.06 Å². The average molecular weight is 391 g/mol. The van der Waals surface area contributed by atoms with Gasteiger partial charge in [-0.15, -0.1) is 0 Å².